The molecule has 0 bridgehead atoms. The lowest BCUT2D eigenvalue weighted by molar-refractivity contribution is 0.0977. The van der Waals surface area contributed by atoms with E-state index in [2.05, 4.69) is 10.6 Å². The van der Waals surface area contributed by atoms with Crippen LogP contribution in [0.5, 0.6) is 0 Å². The molecule has 0 atom stereocenters. The first-order valence-corrected chi connectivity index (χ1v) is 11.9. The lowest BCUT2D eigenvalue weighted by Crippen LogP contribution is -2.38. The molecule has 1 saturated carbocycles. The van der Waals surface area contributed by atoms with Crippen LogP contribution in [0.3, 0.4) is 0 Å². The summed E-state index contributed by atoms with van der Waals surface area (Å²) >= 11 is 5.20. The Morgan fingerprint density at radius 1 is 1.00 bits per heavy atom. The van der Waals surface area contributed by atoms with Gasteiger partial charge < -0.3 is 5.32 Å². The standard InChI is InChI=1S/C22H27N3O3S2/c1-16-8-10-17(11-9-16)21(26)24-22(29)23-18-12-14-20(15-13-18)30(27,28)25(2)19-6-4-3-5-7-19/h8-15,19H,3-7H2,1-2H3,(H2,23,24,26,29). The van der Waals surface area contributed by atoms with Crippen LogP contribution >= 0.6 is 12.2 Å². The molecule has 1 amide bonds. The number of benzene rings is 2. The molecule has 1 aliphatic rings. The number of nitrogens with zero attached hydrogens (tertiary/aromatic N) is 1. The van der Waals surface area contributed by atoms with Crippen molar-refractivity contribution in [1.82, 2.24) is 9.62 Å². The minimum Gasteiger partial charge on any atom is -0.332 e. The number of thiocarbonyl (C=S) groups is 1. The number of sulfonamides is 1. The van der Waals surface area contributed by atoms with E-state index in [1.165, 1.54) is 10.7 Å². The van der Waals surface area contributed by atoms with Crippen molar-refractivity contribution >= 4 is 38.9 Å². The van der Waals surface area contributed by atoms with Gasteiger partial charge >= 0.3 is 0 Å². The number of hydrogen-bond acceptors (Lipinski definition) is 4. The van der Waals surface area contributed by atoms with Gasteiger partial charge in [-0.05, 0) is 68.4 Å². The van der Waals surface area contributed by atoms with E-state index in [1.807, 2.05) is 19.1 Å². The summed E-state index contributed by atoms with van der Waals surface area (Å²) in [6.45, 7) is 1.95. The summed E-state index contributed by atoms with van der Waals surface area (Å²) in [6.07, 6.45) is 5.12. The molecule has 0 heterocycles. The summed E-state index contributed by atoms with van der Waals surface area (Å²) in [5, 5.41) is 5.69. The van der Waals surface area contributed by atoms with Crippen LogP contribution in [0.25, 0.3) is 0 Å². The number of aryl methyl sites for hydroxylation is 1. The summed E-state index contributed by atoms with van der Waals surface area (Å²) in [6, 6.07) is 13.6. The van der Waals surface area contributed by atoms with Gasteiger partial charge in [0.2, 0.25) is 10.0 Å². The Balaban J connectivity index is 1.61. The molecule has 2 aromatic carbocycles. The van der Waals surface area contributed by atoms with Gasteiger partial charge in [0.15, 0.2) is 5.11 Å². The van der Waals surface area contributed by atoms with Crippen molar-refractivity contribution in [3.05, 3.63) is 59.7 Å². The molecule has 160 valence electrons. The molecule has 2 aromatic rings. The highest BCUT2D eigenvalue weighted by molar-refractivity contribution is 7.89. The Bertz CT molecular complexity index is 997. The zero-order valence-corrected chi connectivity index (χ0v) is 18.9. The molecule has 1 fully saturated rings. The zero-order valence-electron chi connectivity index (χ0n) is 17.2. The molecular formula is C22H27N3O3S2. The van der Waals surface area contributed by atoms with Gasteiger partial charge in [0, 0.05) is 24.3 Å². The first-order chi connectivity index (χ1) is 14.3. The van der Waals surface area contributed by atoms with Gasteiger partial charge in [0.1, 0.15) is 0 Å². The SMILES string of the molecule is Cc1ccc(C(=O)NC(=S)Nc2ccc(S(=O)(=O)N(C)C3CCCCC3)cc2)cc1. The van der Waals surface area contributed by atoms with E-state index >= 15 is 0 Å². The van der Waals surface area contributed by atoms with Crippen LogP contribution in [-0.4, -0.2) is 36.8 Å². The Morgan fingerprint density at radius 3 is 2.20 bits per heavy atom. The molecule has 0 aliphatic heterocycles. The highest BCUT2D eigenvalue weighted by Gasteiger charge is 2.28. The topological polar surface area (TPSA) is 78.5 Å². The van der Waals surface area contributed by atoms with Crippen LogP contribution in [-0.2, 0) is 10.0 Å². The molecule has 0 radical (unpaired) electrons. The smallest absolute Gasteiger partial charge is 0.257 e. The summed E-state index contributed by atoms with van der Waals surface area (Å²) in [4.78, 5) is 12.5. The van der Waals surface area contributed by atoms with Crippen molar-refractivity contribution in [1.29, 1.82) is 0 Å². The molecular weight excluding hydrogens is 418 g/mol. The first-order valence-electron chi connectivity index (χ1n) is 10.0. The van der Waals surface area contributed by atoms with Crippen LogP contribution in [0.1, 0.15) is 48.0 Å². The molecule has 1 aliphatic carbocycles. The number of anilines is 1. The largest absolute Gasteiger partial charge is 0.332 e. The quantitative estimate of drug-likeness (QED) is 0.678. The monoisotopic (exact) mass is 445 g/mol. The van der Waals surface area contributed by atoms with Gasteiger partial charge in [-0.2, -0.15) is 4.31 Å². The van der Waals surface area contributed by atoms with Crippen molar-refractivity contribution < 1.29 is 13.2 Å². The Labute approximate surface area is 183 Å². The number of rotatable bonds is 5. The highest BCUT2D eigenvalue weighted by Crippen LogP contribution is 2.27. The van der Waals surface area contributed by atoms with Crippen LogP contribution in [0, 0.1) is 6.92 Å². The Kier molecular flexibility index (Phi) is 7.23. The second kappa shape index (κ2) is 9.68. The Morgan fingerprint density at radius 2 is 1.60 bits per heavy atom. The van der Waals surface area contributed by atoms with E-state index in [9.17, 15) is 13.2 Å². The van der Waals surface area contributed by atoms with E-state index in [1.54, 1.807) is 43.4 Å². The molecule has 8 heteroatoms. The summed E-state index contributed by atoms with van der Waals surface area (Å²) < 4.78 is 27.3. The van der Waals surface area contributed by atoms with E-state index in [0.29, 0.717) is 11.3 Å². The number of carbonyl (C=O) groups excluding carboxylic acids is 1. The maximum Gasteiger partial charge on any atom is 0.257 e. The number of amides is 1. The van der Waals surface area contributed by atoms with Crippen molar-refractivity contribution in [2.45, 2.75) is 50.0 Å². The minimum absolute atomic E-state index is 0.0612. The van der Waals surface area contributed by atoms with Gasteiger partial charge in [-0.25, -0.2) is 8.42 Å². The normalized spacial score (nSPS) is 15.0. The first kappa shape index (κ1) is 22.4. The third kappa shape index (κ3) is 5.44. The predicted molar refractivity (Wildman–Crippen MR) is 123 cm³/mol. The van der Waals surface area contributed by atoms with Crippen molar-refractivity contribution in [2.75, 3.05) is 12.4 Å². The predicted octanol–water partition coefficient (Wildman–Crippen LogP) is 4.08. The maximum atomic E-state index is 12.9. The summed E-state index contributed by atoms with van der Waals surface area (Å²) in [5.41, 5.74) is 2.18. The molecule has 30 heavy (non-hydrogen) atoms. The molecule has 0 unspecified atom stereocenters. The van der Waals surface area contributed by atoms with E-state index < -0.39 is 10.0 Å². The third-order valence-corrected chi connectivity index (χ3v) is 7.55. The molecule has 0 aromatic heterocycles. The lowest BCUT2D eigenvalue weighted by Gasteiger charge is -2.30. The van der Waals surface area contributed by atoms with E-state index in [-0.39, 0.29) is 22.0 Å². The van der Waals surface area contributed by atoms with Gasteiger partial charge in [0.05, 0.1) is 4.90 Å². The van der Waals surface area contributed by atoms with Crippen LogP contribution in [0.4, 0.5) is 5.69 Å². The highest BCUT2D eigenvalue weighted by atomic mass is 32.2. The van der Waals surface area contributed by atoms with Gasteiger partial charge in [-0.3, -0.25) is 10.1 Å². The fraction of sp³-hybridized carbons (Fsp3) is 0.364. The average molecular weight is 446 g/mol. The van der Waals surface area contributed by atoms with Crippen LogP contribution in [0.15, 0.2) is 53.4 Å². The summed E-state index contributed by atoms with van der Waals surface area (Å²) in [5.74, 6) is -0.305. The number of nitrogens with one attached hydrogen (secondary N) is 2. The third-order valence-electron chi connectivity index (χ3n) is 5.42. The van der Waals surface area contributed by atoms with Gasteiger partial charge in [0.25, 0.3) is 5.91 Å². The van der Waals surface area contributed by atoms with E-state index in [0.717, 1.165) is 31.2 Å². The van der Waals surface area contributed by atoms with Crippen molar-refractivity contribution in [2.24, 2.45) is 0 Å². The second-order valence-corrected chi connectivity index (χ2v) is 10.0. The van der Waals surface area contributed by atoms with Crippen LogP contribution in [0.2, 0.25) is 0 Å². The van der Waals surface area contributed by atoms with Crippen LogP contribution < -0.4 is 10.6 Å². The molecule has 2 N–H and O–H groups in total. The van der Waals surface area contributed by atoms with Crippen molar-refractivity contribution in [3.8, 4) is 0 Å². The summed E-state index contributed by atoms with van der Waals surface area (Å²) in [7, 11) is -1.88. The fourth-order valence-corrected chi connectivity index (χ4v) is 5.19. The van der Waals surface area contributed by atoms with E-state index in [4.69, 9.17) is 12.2 Å². The van der Waals surface area contributed by atoms with Gasteiger partial charge in [-0.1, -0.05) is 37.0 Å². The number of hydrogen-bond donors (Lipinski definition) is 2. The van der Waals surface area contributed by atoms with Crippen molar-refractivity contribution in [3.63, 3.8) is 0 Å². The lowest BCUT2D eigenvalue weighted by atomic mass is 9.96. The minimum atomic E-state index is -3.54. The second-order valence-electron chi connectivity index (χ2n) is 7.61. The van der Waals surface area contributed by atoms with Gasteiger partial charge in [-0.15, -0.1) is 0 Å². The molecule has 0 spiro atoms. The Hall–Kier alpha value is -2.29. The number of carbonyl (C=O) groups is 1. The molecule has 3 rings (SSSR count). The molecule has 6 nitrogen and oxygen atoms in total. The molecule has 0 saturated heterocycles. The zero-order chi connectivity index (χ0) is 21.7. The average Bonchev–Trinajstić information content (AvgIpc) is 2.74. The maximum absolute atomic E-state index is 12.9. The fourth-order valence-electron chi connectivity index (χ4n) is 3.56.